The number of nitrogens with one attached hydrogen (secondary N) is 2. The van der Waals surface area contributed by atoms with Crippen molar-refractivity contribution in [2.24, 2.45) is 0 Å². The molecule has 1 amide bonds. The van der Waals surface area contributed by atoms with E-state index in [9.17, 15) is 14.7 Å². The first-order valence-electron chi connectivity index (χ1n) is 5.84. The Hall–Kier alpha value is -1.62. The summed E-state index contributed by atoms with van der Waals surface area (Å²) < 4.78 is 0. The fourth-order valence-corrected chi connectivity index (χ4v) is 2.08. The Balaban J connectivity index is 2.01. The van der Waals surface area contributed by atoms with Gasteiger partial charge in [-0.3, -0.25) is 9.59 Å². The van der Waals surface area contributed by atoms with Gasteiger partial charge in [0.2, 0.25) is 5.56 Å². The van der Waals surface area contributed by atoms with Gasteiger partial charge in [0.25, 0.3) is 5.91 Å². The maximum Gasteiger partial charge on any atom is 0.253 e. The lowest BCUT2D eigenvalue weighted by Crippen LogP contribution is -2.45. The third-order valence-electron chi connectivity index (χ3n) is 3.09. The van der Waals surface area contributed by atoms with Crippen molar-refractivity contribution in [3.63, 3.8) is 0 Å². The Labute approximate surface area is 98.9 Å². The number of aliphatic hydroxyl groups is 1. The molecule has 5 heteroatoms. The Morgan fingerprint density at radius 2 is 2.12 bits per heavy atom. The molecular formula is C12H16N2O3. The minimum atomic E-state index is -0.463. The summed E-state index contributed by atoms with van der Waals surface area (Å²) >= 11 is 0. The molecule has 1 fully saturated rings. The maximum atomic E-state index is 11.8. The van der Waals surface area contributed by atoms with Crippen molar-refractivity contribution in [3.8, 4) is 0 Å². The van der Waals surface area contributed by atoms with Crippen molar-refractivity contribution >= 4 is 5.91 Å². The van der Waals surface area contributed by atoms with Gasteiger partial charge in [-0.1, -0.05) is 12.8 Å². The third kappa shape index (κ3) is 2.94. The zero-order valence-corrected chi connectivity index (χ0v) is 9.48. The molecule has 0 bridgehead atoms. The lowest BCUT2D eigenvalue weighted by molar-refractivity contribution is 0.0717. The standard InChI is InChI=1S/C12H16N2O3/c15-10-4-2-1-3-9(10)14-12(17)8-5-6-11(16)13-7-8/h5-7,9-10,15H,1-4H2,(H,13,16)(H,14,17)/t9-,10-/m0/s1. The lowest BCUT2D eigenvalue weighted by Gasteiger charge is -2.28. The molecule has 1 aromatic rings. The Bertz CT molecular complexity index is 435. The lowest BCUT2D eigenvalue weighted by atomic mass is 9.92. The van der Waals surface area contributed by atoms with Crippen molar-refractivity contribution in [2.45, 2.75) is 37.8 Å². The second-order valence-corrected chi connectivity index (χ2v) is 4.37. The minimum absolute atomic E-state index is 0.178. The minimum Gasteiger partial charge on any atom is -0.391 e. The average molecular weight is 236 g/mol. The number of rotatable bonds is 2. The average Bonchev–Trinajstić information content (AvgIpc) is 2.33. The molecule has 0 aromatic carbocycles. The largest absolute Gasteiger partial charge is 0.391 e. The molecule has 0 aliphatic heterocycles. The predicted octanol–water partition coefficient (Wildman–Crippen LogP) is 0.408. The number of hydrogen-bond acceptors (Lipinski definition) is 3. The first-order chi connectivity index (χ1) is 8.16. The number of pyridine rings is 1. The molecule has 1 aliphatic carbocycles. The molecule has 1 saturated carbocycles. The van der Waals surface area contributed by atoms with Gasteiger partial charge in [-0.2, -0.15) is 0 Å². The van der Waals surface area contributed by atoms with Gasteiger partial charge in [-0.25, -0.2) is 0 Å². The summed E-state index contributed by atoms with van der Waals surface area (Å²) in [5, 5.41) is 12.5. The molecule has 1 aromatic heterocycles. The third-order valence-corrected chi connectivity index (χ3v) is 3.09. The van der Waals surface area contributed by atoms with Gasteiger partial charge in [-0.05, 0) is 18.9 Å². The van der Waals surface area contributed by atoms with E-state index in [1.165, 1.54) is 18.3 Å². The second-order valence-electron chi connectivity index (χ2n) is 4.37. The normalized spacial score (nSPS) is 24.3. The first-order valence-corrected chi connectivity index (χ1v) is 5.84. The Morgan fingerprint density at radius 3 is 2.76 bits per heavy atom. The van der Waals surface area contributed by atoms with Crippen molar-refractivity contribution < 1.29 is 9.90 Å². The summed E-state index contributed by atoms with van der Waals surface area (Å²) in [6, 6.07) is 2.61. The summed E-state index contributed by atoms with van der Waals surface area (Å²) in [5.41, 5.74) is 0.168. The van der Waals surface area contributed by atoms with Gasteiger partial charge < -0.3 is 15.4 Å². The highest BCUT2D eigenvalue weighted by Crippen LogP contribution is 2.18. The molecule has 0 radical (unpaired) electrons. The summed E-state index contributed by atoms with van der Waals surface area (Å²) in [6.45, 7) is 0. The molecule has 17 heavy (non-hydrogen) atoms. The van der Waals surface area contributed by atoms with Gasteiger partial charge in [0.15, 0.2) is 0 Å². The number of carbonyl (C=O) groups is 1. The van der Waals surface area contributed by atoms with Gasteiger partial charge in [0.1, 0.15) is 0 Å². The Morgan fingerprint density at radius 1 is 1.35 bits per heavy atom. The second kappa shape index (κ2) is 5.14. The highest BCUT2D eigenvalue weighted by atomic mass is 16.3. The van der Waals surface area contributed by atoms with E-state index in [0.717, 1.165) is 25.7 Å². The van der Waals surface area contributed by atoms with Crippen molar-refractivity contribution in [3.05, 3.63) is 34.2 Å². The first kappa shape index (κ1) is 11.9. The zero-order valence-electron chi connectivity index (χ0n) is 9.48. The van der Waals surface area contributed by atoms with E-state index in [0.29, 0.717) is 5.56 Å². The Kier molecular flexibility index (Phi) is 3.58. The van der Waals surface area contributed by atoms with E-state index in [-0.39, 0.29) is 17.5 Å². The van der Waals surface area contributed by atoms with Crippen LogP contribution in [-0.2, 0) is 0 Å². The molecule has 3 N–H and O–H groups in total. The monoisotopic (exact) mass is 236 g/mol. The molecule has 0 saturated heterocycles. The fraction of sp³-hybridized carbons (Fsp3) is 0.500. The zero-order chi connectivity index (χ0) is 12.3. The predicted molar refractivity (Wildman–Crippen MR) is 62.8 cm³/mol. The number of hydrogen-bond donors (Lipinski definition) is 3. The van der Waals surface area contributed by atoms with Crippen LogP contribution in [-0.4, -0.2) is 28.1 Å². The SMILES string of the molecule is O=C(N[C@H]1CCCC[C@@H]1O)c1ccc(=O)[nH]c1. The molecule has 0 unspecified atom stereocenters. The van der Waals surface area contributed by atoms with Gasteiger partial charge in [0.05, 0.1) is 17.7 Å². The van der Waals surface area contributed by atoms with Crippen LogP contribution in [0.3, 0.4) is 0 Å². The summed E-state index contributed by atoms with van der Waals surface area (Å²) in [6.07, 6.45) is 4.48. The molecule has 92 valence electrons. The van der Waals surface area contributed by atoms with Gasteiger partial charge in [-0.15, -0.1) is 0 Å². The molecule has 1 aliphatic rings. The van der Waals surface area contributed by atoms with Crippen molar-refractivity contribution in [1.82, 2.24) is 10.3 Å². The summed E-state index contributed by atoms with van der Waals surface area (Å²) in [5.74, 6) is -0.257. The van der Waals surface area contributed by atoms with E-state index in [4.69, 9.17) is 0 Å². The van der Waals surface area contributed by atoms with E-state index >= 15 is 0 Å². The van der Waals surface area contributed by atoms with Crippen LogP contribution in [0, 0.1) is 0 Å². The smallest absolute Gasteiger partial charge is 0.253 e. The van der Waals surface area contributed by atoms with Crippen molar-refractivity contribution in [1.29, 1.82) is 0 Å². The number of aliphatic hydroxyl groups excluding tert-OH is 1. The molecular weight excluding hydrogens is 220 g/mol. The van der Waals surface area contributed by atoms with Crippen LogP contribution in [0.5, 0.6) is 0 Å². The van der Waals surface area contributed by atoms with Crippen LogP contribution in [0.2, 0.25) is 0 Å². The molecule has 0 spiro atoms. The van der Waals surface area contributed by atoms with Crippen LogP contribution in [0.25, 0.3) is 0 Å². The summed E-state index contributed by atoms with van der Waals surface area (Å²) in [4.78, 5) is 25.1. The van der Waals surface area contributed by atoms with Gasteiger partial charge in [0, 0.05) is 12.3 Å². The maximum absolute atomic E-state index is 11.8. The number of amides is 1. The highest BCUT2D eigenvalue weighted by molar-refractivity contribution is 5.94. The molecule has 2 atom stereocenters. The van der Waals surface area contributed by atoms with E-state index in [2.05, 4.69) is 10.3 Å². The van der Waals surface area contributed by atoms with Crippen LogP contribution < -0.4 is 10.9 Å². The van der Waals surface area contributed by atoms with E-state index in [1.54, 1.807) is 0 Å². The molecule has 1 heterocycles. The van der Waals surface area contributed by atoms with Crippen molar-refractivity contribution in [2.75, 3.05) is 0 Å². The van der Waals surface area contributed by atoms with Crippen LogP contribution in [0.15, 0.2) is 23.1 Å². The number of aromatic amines is 1. The van der Waals surface area contributed by atoms with E-state index in [1.807, 2.05) is 0 Å². The molecule has 2 rings (SSSR count). The van der Waals surface area contributed by atoms with Crippen LogP contribution >= 0.6 is 0 Å². The van der Waals surface area contributed by atoms with Crippen LogP contribution in [0.1, 0.15) is 36.0 Å². The number of aromatic nitrogens is 1. The quantitative estimate of drug-likeness (QED) is 0.695. The van der Waals surface area contributed by atoms with Crippen LogP contribution in [0.4, 0.5) is 0 Å². The van der Waals surface area contributed by atoms with E-state index < -0.39 is 6.10 Å². The topological polar surface area (TPSA) is 82.2 Å². The number of carbonyl (C=O) groups excluding carboxylic acids is 1. The number of H-pyrrole nitrogens is 1. The molecule has 5 nitrogen and oxygen atoms in total. The fourth-order valence-electron chi connectivity index (χ4n) is 2.08. The van der Waals surface area contributed by atoms with Gasteiger partial charge >= 0.3 is 0 Å². The summed E-state index contributed by atoms with van der Waals surface area (Å²) in [7, 11) is 0. The highest BCUT2D eigenvalue weighted by Gasteiger charge is 2.24.